The van der Waals surface area contributed by atoms with Gasteiger partial charge >= 0.3 is 11.9 Å². The van der Waals surface area contributed by atoms with Crippen molar-refractivity contribution in [3.05, 3.63) is 12.2 Å². The van der Waals surface area contributed by atoms with Crippen LogP contribution in [0.15, 0.2) is 12.2 Å². The Balaban J connectivity index is 0. The fraction of sp³-hybridized carbons (Fsp3) is 0.913. The zero-order chi connectivity index (χ0) is 36.9. The fourth-order valence-corrected chi connectivity index (χ4v) is 6.76. The van der Waals surface area contributed by atoms with Crippen molar-refractivity contribution >= 4 is 11.9 Å². The highest BCUT2D eigenvalue weighted by Gasteiger charge is 1.99. The van der Waals surface area contributed by atoms with Crippen LogP contribution in [0.4, 0.5) is 0 Å². The van der Waals surface area contributed by atoms with E-state index in [-0.39, 0.29) is 0 Å². The Labute approximate surface area is 313 Å². The van der Waals surface area contributed by atoms with Gasteiger partial charge in [0, 0.05) is 12.8 Å². The van der Waals surface area contributed by atoms with Crippen molar-refractivity contribution in [2.24, 2.45) is 0 Å². The minimum atomic E-state index is -0.656. The molecule has 0 spiro atoms. The number of rotatable bonds is 41. The van der Waals surface area contributed by atoms with Gasteiger partial charge in [-0.05, 0) is 38.5 Å². The molecule has 4 heteroatoms. The highest BCUT2D eigenvalue weighted by atomic mass is 16.4. The van der Waals surface area contributed by atoms with Crippen LogP contribution in [0.3, 0.4) is 0 Å². The molecule has 0 saturated carbocycles. The van der Waals surface area contributed by atoms with Gasteiger partial charge in [0.2, 0.25) is 0 Å². The summed E-state index contributed by atoms with van der Waals surface area (Å²) in [4.78, 5) is 20.8. The molecular formula is C46H90O4. The molecule has 0 aliphatic carbocycles. The molecule has 0 aromatic carbocycles. The van der Waals surface area contributed by atoms with Gasteiger partial charge in [0.1, 0.15) is 0 Å². The summed E-state index contributed by atoms with van der Waals surface area (Å²) in [5, 5.41) is 17.1. The normalized spacial score (nSPS) is 11.2. The molecule has 0 unspecified atom stereocenters. The van der Waals surface area contributed by atoms with Crippen LogP contribution in [0, 0.1) is 0 Å². The van der Waals surface area contributed by atoms with Crippen molar-refractivity contribution < 1.29 is 19.8 Å². The van der Waals surface area contributed by atoms with Gasteiger partial charge in [0.25, 0.3) is 0 Å². The molecule has 0 radical (unpaired) electrons. The fourth-order valence-electron chi connectivity index (χ4n) is 6.76. The molecule has 0 heterocycles. The lowest BCUT2D eigenvalue weighted by Gasteiger charge is -2.04. The van der Waals surface area contributed by atoms with E-state index in [4.69, 9.17) is 10.2 Å². The van der Waals surface area contributed by atoms with E-state index in [1.54, 1.807) is 0 Å². The smallest absolute Gasteiger partial charge is 0.303 e. The minimum absolute atomic E-state index is 0.340. The zero-order valence-corrected chi connectivity index (χ0v) is 34.1. The molecule has 0 atom stereocenters. The third kappa shape index (κ3) is 53.5. The number of aliphatic carboxylic acids is 2. The van der Waals surface area contributed by atoms with E-state index in [0.29, 0.717) is 12.8 Å². The van der Waals surface area contributed by atoms with Crippen molar-refractivity contribution in [1.29, 1.82) is 0 Å². The van der Waals surface area contributed by atoms with Crippen LogP contribution in [0.5, 0.6) is 0 Å². The highest BCUT2D eigenvalue weighted by molar-refractivity contribution is 5.66. The van der Waals surface area contributed by atoms with Crippen LogP contribution in [-0.2, 0) is 9.59 Å². The van der Waals surface area contributed by atoms with Crippen molar-refractivity contribution in [3.8, 4) is 0 Å². The van der Waals surface area contributed by atoms with Crippen molar-refractivity contribution in [2.75, 3.05) is 0 Å². The quantitative estimate of drug-likeness (QED) is 0.0490. The summed E-state index contributed by atoms with van der Waals surface area (Å²) in [6.45, 7) is 4.56. The van der Waals surface area contributed by atoms with Gasteiger partial charge < -0.3 is 10.2 Å². The summed E-state index contributed by atoms with van der Waals surface area (Å²) in [6.07, 6.45) is 56.2. The molecule has 0 rings (SSSR count). The Morgan fingerprint density at radius 1 is 0.300 bits per heavy atom. The maximum absolute atomic E-state index is 10.4. The Bertz CT molecular complexity index is 673. The molecule has 4 nitrogen and oxygen atoms in total. The molecule has 0 saturated heterocycles. The van der Waals surface area contributed by atoms with E-state index in [9.17, 15) is 9.59 Å². The molecule has 0 aromatic heterocycles. The summed E-state index contributed by atoms with van der Waals surface area (Å²) < 4.78 is 0. The van der Waals surface area contributed by atoms with Gasteiger partial charge in [0.15, 0.2) is 0 Å². The topological polar surface area (TPSA) is 74.6 Å². The molecule has 0 aromatic rings. The molecule has 0 amide bonds. The average Bonchev–Trinajstić information content (AvgIpc) is 3.10. The first-order valence-electron chi connectivity index (χ1n) is 22.6. The largest absolute Gasteiger partial charge is 0.481 e. The minimum Gasteiger partial charge on any atom is -0.481 e. The average molecular weight is 707 g/mol. The second-order valence-electron chi connectivity index (χ2n) is 15.4. The number of carboxylic acids is 2. The van der Waals surface area contributed by atoms with Crippen molar-refractivity contribution in [3.63, 3.8) is 0 Å². The summed E-state index contributed by atoms with van der Waals surface area (Å²) in [5.41, 5.74) is 0. The van der Waals surface area contributed by atoms with Gasteiger partial charge in [0.05, 0.1) is 0 Å². The van der Waals surface area contributed by atoms with Crippen LogP contribution in [0.25, 0.3) is 0 Å². The molecule has 2 N–H and O–H groups in total. The maximum Gasteiger partial charge on any atom is 0.303 e. The first-order chi connectivity index (χ1) is 24.5. The predicted octanol–water partition coefficient (Wildman–Crippen LogP) is 16.3. The number of carbonyl (C=O) groups is 2. The maximum atomic E-state index is 10.4. The van der Waals surface area contributed by atoms with Gasteiger partial charge in [-0.3, -0.25) is 9.59 Å². The van der Waals surface area contributed by atoms with E-state index < -0.39 is 11.9 Å². The second kappa shape index (κ2) is 47.7. The van der Waals surface area contributed by atoms with Crippen LogP contribution < -0.4 is 0 Å². The van der Waals surface area contributed by atoms with Crippen LogP contribution in [0.1, 0.15) is 271 Å². The Morgan fingerprint density at radius 2 is 0.480 bits per heavy atom. The second-order valence-corrected chi connectivity index (χ2v) is 15.4. The highest BCUT2D eigenvalue weighted by Crippen LogP contribution is 2.16. The molecular weight excluding hydrogens is 617 g/mol. The molecule has 0 fully saturated rings. The van der Waals surface area contributed by atoms with Crippen molar-refractivity contribution in [2.45, 2.75) is 271 Å². The number of hydrogen-bond donors (Lipinski definition) is 2. The summed E-state index contributed by atoms with van der Waals surface area (Å²) in [6, 6.07) is 0. The van der Waals surface area contributed by atoms with Crippen molar-refractivity contribution in [1.82, 2.24) is 0 Å². The van der Waals surface area contributed by atoms with Crippen LogP contribution >= 0.6 is 0 Å². The lowest BCUT2D eigenvalue weighted by Crippen LogP contribution is -1.93. The van der Waals surface area contributed by atoms with E-state index in [1.807, 2.05) is 0 Å². The molecule has 0 aliphatic rings. The van der Waals surface area contributed by atoms with Gasteiger partial charge in [-0.2, -0.15) is 0 Å². The van der Waals surface area contributed by atoms with E-state index in [1.165, 1.54) is 218 Å². The van der Waals surface area contributed by atoms with E-state index in [2.05, 4.69) is 26.0 Å². The van der Waals surface area contributed by atoms with Crippen LogP contribution in [0.2, 0.25) is 0 Å². The van der Waals surface area contributed by atoms with Gasteiger partial charge in [-0.25, -0.2) is 0 Å². The van der Waals surface area contributed by atoms with E-state index >= 15 is 0 Å². The lowest BCUT2D eigenvalue weighted by atomic mass is 10.0. The SMILES string of the molecule is CCCCCCCC/C=C\CCCCCCCCCCCC(=O)O.CCCCCCCCCCCCCCCCCCCCCCCC(=O)O. The lowest BCUT2D eigenvalue weighted by molar-refractivity contribution is -0.138. The first-order valence-corrected chi connectivity index (χ1v) is 22.6. The van der Waals surface area contributed by atoms with Gasteiger partial charge in [-0.1, -0.05) is 231 Å². The molecule has 298 valence electrons. The zero-order valence-electron chi connectivity index (χ0n) is 34.1. The van der Waals surface area contributed by atoms with Gasteiger partial charge in [-0.15, -0.1) is 0 Å². The molecule has 0 bridgehead atoms. The summed E-state index contributed by atoms with van der Waals surface area (Å²) in [7, 11) is 0. The number of allylic oxidation sites excluding steroid dienone is 2. The number of carboxylic acid groups (broad SMARTS) is 2. The van der Waals surface area contributed by atoms with E-state index in [0.717, 1.165) is 25.7 Å². The number of unbranched alkanes of at least 4 members (excludes halogenated alkanes) is 35. The summed E-state index contributed by atoms with van der Waals surface area (Å²) in [5.74, 6) is -1.31. The van der Waals surface area contributed by atoms with Crippen LogP contribution in [-0.4, -0.2) is 22.2 Å². The molecule has 50 heavy (non-hydrogen) atoms. The third-order valence-corrected chi connectivity index (χ3v) is 10.1. The number of hydrogen-bond acceptors (Lipinski definition) is 2. The summed E-state index contributed by atoms with van der Waals surface area (Å²) >= 11 is 0. The predicted molar refractivity (Wildman–Crippen MR) is 220 cm³/mol. The Hall–Kier alpha value is -1.32. The first kappa shape index (κ1) is 50.8. The Morgan fingerprint density at radius 3 is 0.680 bits per heavy atom. The third-order valence-electron chi connectivity index (χ3n) is 10.1. The monoisotopic (exact) mass is 707 g/mol. The standard InChI is InChI=1S/C24H48O2.C22H42O2/c1-2-3-4-5-6-7-8-9-10-11-12-13-14-15-16-17-18-19-20-21-22-23-24(25)26;1-2-3-4-5-6-7-8-9-10-11-12-13-14-15-16-17-18-19-20-21-22(23)24/h2-23H2,1H3,(H,25,26);9-10H,2-8,11-21H2,1H3,(H,23,24)/b;10-9-. The molecule has 0 aliphatic heterocycles. The Kier molecular flexibility index (Phi) is 48.4.